The molecule has 1 N–H and O–H groups in total. The second kappa shape index (κ2) is 8.23. The molecule has 2 saturated heterocycles. The monoisotopic (exact) mass is 387 g/mol. The van der Waals surface area contributed by atoms with E-state index >= 15 is 0 Å². The van der Waals surface area contributed by atoms with E-state index in [1.807, 2.05) is 20.2 Å². The van der Waals surface area contributed by atoms with Gasteiger partial charge in [0.25, 0.3) is 0 Å². The highest BCUT2D eigenvalue weighted by atomic mass is 16.2. The largest absolute Gasteiger partial charge is 0.352 e. The third kappa shape index (κ3) is 4.40. The Kier molecular flexibility index (Phi) is 5.71. The van der Waals surface area contributed by atoms with Crippen LogP contribution in [0.2, 0.25) is 0 Å². The van der Waals surface area contributed by atoms with Gasteiger partial charge in [-0.2, -0.15) is 5.10 Å². The van der Waals surface area contributed by atoms with E-state index in [0.29, 0.717) is 24.4 Å². The Morgan fingerprint density at radius 2 is 1.86 bits per heavy atom. The molecule has 154 valence electrons. The van der Waals surface area contributed by atoms with Gasteiger partial charge in [0.1, 0.15) is 0 Å². The van der Waals surface area contributed by atoms with Crippen LogP contribution in [0.25, 0.3) is 0 Å². The standard InChI is InChI=1S/C21H33N5O2/c1-15-18(13-24(2)23-15)12-22-20(27)17-4-3-9-26(14-17)19-7-10-25(11-8-19)21(28)16-5-6-16/h13,16-17,19H,3-12,14H2,1-2H3,(H,22,27). The topological polar surface area (TPSA) is 70.5 Å². The van der Waals surface area contributed by atoms with Crippen molar-refractivity contribution in [2.75, 3.05) is 26.2 Å². The third-order valence-electron chi connectivity index (χ3n) is 6.61. The molecule has 0 bridgehead atoms. The van der Waals surface area contributed by atoms with Crippen LogP contribution in [0.4, 0.5) is 0 Å². The predicted octanol–water partition coefficient (Wildman–Crippen LogP) is 1.46. The molecule has 7 heteroatoms. The number of aromatic nitrogens is 2. The van der Waals surface area contributed by atoms with E-state index < -0.39 is 0 Å². The zero-order chi connectivity index (χ0) is 19.7. The van der Waals surface area contributed by atoms with Gasteiger partial charge in [0.2, 0.25) is 11.8 Å². The molecule has 1 aromatic heterocycles. The summed E-state index contributed by atoms with van der Waals surface area (Å²) in [5, 5.41) is 7.45. The number of hydrogen-bond donors (Lipinski definition) is 1. The SMILES string of the molecule is Cc1nn(C)cc1CNC(=O)C1CCCN(C2CCN(C(=O)C3CC3)CC2)C1. The van der Waals surface area contributed by atoms with Gasteiger partial charge >= 0.3 is 0 Å². The highest BCUT2D eigenvalue weighted by Crippen LogP contribution is 2.32. The summed E-state index contributed by atoms with van der Waals surface area (Å²) in [7, 11) is 1.90. The highest BCUT2D eigenvalue weighted by Gasteiger charge is 2.37. The number of rotatable bonds is 5. The summed E-state index contributed by atoms with van der Waals surface area (Å²) in [6.07, 6.45) is 8.27. The Bertz CT molecular complexity index is 718. The van der Waals surface area contributed by atoms with Crippen molar-refractivity contribution in [1.29, 1.82) is 0 Å². The number of carbonyl (C=O) groups is 2. The van der Waals surface area contributed by atoms with Crippen LogP contribution >= 0.6 is 0 Å². The first-order valence-electron chi connectivity index (χ1n) is 10.8. The number of nitrogens with zero attached hydrogens (tertiary/aromatic N) is 4. The molecule has 0 spiro atoms. The summed E-state index contributed by atoms with van der Waals surface area (Å²) in [5.74, 6) is 0.925. The Morgan fingerprint density at radius 1 is 1.11 bits per heavy atom. The minimum atomic E-state index is 0.0665. The number of nitrogens with one attached hydrogen (secondary N) is 1. The number of likely N-dealkylation sites (tertiary alicyclic amines) is 2. The Labute approximate surface area is 167 Å². The van der Waals surface area contributed by atoms with Crippen molar-refractivity contribution < 1.29 is 9.59 Å². The summed E-state index contributed by atoms with van der Waals surface area (Å²) in [5.41, 5.74) is 2.05. The first kappa shape index (κ1) is 19.4. The Hall–Kier alpha value is -1.89. The van der Waals surface area contributed by atoms with Crippen molar-refractivity contribution in [3.8, 4) is 0 Å². The van der Waals surface area contributed by atoms with E-state index in [4.69, 9.17) is 0 Å². The van der Waals surface area contributed by atoms with Gasteiger partial charge in [0.05, 0.1) is 11.6 Å². The van der Waals surface area contributed by atoms with Crippen LogP contribution in [0, 0.1) is 18.8 Å². The zero-order valence-electron chi connectivity index (χ0n) is 17.2. The summed E-state index contributed by atoms with van der Waals surface area (Å²) < 4.78 is 1.79. The fourth-order valence-corrected chi connectivity index (χ4v) is 4.74. The van der Waals surface area contributed by atoms with E-state index in [9.17, 15) is 9.59 Å². The number of piperidine rings is 2. The van der Waals surface area contributed by atoms with E-state index in [1.165, 1.54) is 0 Å². The first-order valence-corrected chi connectivity index (χ1v) is 10.8. The van der Waals surface area contributed by atoms with Gasteiger partial charge in [-0.3, -0.25) is 19.2 Å². The minimum absolute atomic E-state index is 0.0665. The quantitative estimate of drug-likeness (QED) is 0.830. The average Bonchev–Trinajstić information content (AvgIpc) is 3.50. The molecule has 1 saturated carbocycles. The van der Waals surface area contributed by atoms with Gasteiger partial charge in [-0.15, -0.1) is 0 Å². The lowest BCUT2D eigenvalue weighted by Crippen LogP contribution is -2.51. The van der Waals surface area contributed by atoms with Crippen LogP contribution in [0.3, 0.4) is 0 Å². The van der Waals surface area contributed by atoms with Crippen LogP contribution in [0.5, 0.6) is 0 Å². The molecular formula is C21H33N5O2. The van der Waals surface area contributed by atoms with E-state index in [2.05, 4.69) is 20.2 Å². The van der Waals surface area contributed by atoms with Gasteiger partial charge in [-0.25, -0.2) is 0 Å². The summed E-state index contributed by atoms with van der Waals surface area (Å²) >= 11 is 0. The number of amides is 2. The second-order valence-corrected chi connectivity index (χ2v) is 8.80. The van der Waals surface area contributed by atoms with Crippen LogP contribution in [-0.4, -0.2) is 63.6 Å². The van der Waals surface area contributed by atoms with Crippen molar-refractivity contribution in [1.82, 2.24) is 24.9 Å². The summed E-state index contributed by atoms with van der Waals surface area (Å²) in [4.78, 5) is 29.5. The predicted molar refractivity (Wildman–Crippen MR) is 106 cm³/mol. The second-order valence-electron chi connectivity index (χ2n) is 8.80. The van der Waals surface area contributed by atoms with Gasteiger partial charge in [0, 0.05) is 56.9 Å². The molecule has 1 atom stereocenters. The molecule has 7 nitrogen and oxygen atoms in total. The number of aryl methyl sites for hydroxylation is 2. The number of carbonyl (C=O) groups excluding carboxylic acids is 2. The molecule has 2 aliphatic heterocycles. The molecule has 3 heterocycles. The maximum Gasteiger partial charge on any atom is 0.225 e. The van der Waals surface area contributed by atoms with Crippen LogP contribution in [0.1, 0.15) is 49.8 Å². The molecule has 4 rings (SSSR count). The van der Waals surface area contributed by atoms with Crippen molar-refractivity contribution in [2.45, 2.75) is 58.0 Å². The van der Waals surface area contributed by atoms with Crippen LogP contribution in [0.15, 0.2) is 6.20 Å². The van der Waals surface area contributed by atoms with Crippen molar-refractivity contribution >= 4 is 11.8 Å². The summed E-state index contributed by atoms with van der Waals surface area (Å²) in [6, 6.07) is 0.513. The molecule has 0 radical (unpaired) electrons. The molecule has 1 aliphatic carbocycles. The molecule has 2 amide bonds. The van der Waals surface area contributed by atoms with Crippen molar-refractivity contribution in [3.63, 3.8) is 0 Å². The first-order chi connectivity index (χ1) is 13.5. The fraction of sp³-hybridized carbons (Fsp3) is 0.762. The van der Waals surface area contributed by atoms with E-state index in [1.54, 1.807) is 4.68 Å². The molecule has 1 aromatic rings. The van der Waals surface area contributed by atoms with Crippen LogP contribution < -0.4 is 5.32 Å². The van der Waals surface area contributed by atoms with Crippen molar-refractivity contribution in [3.05, 3.63) is 17.5 Å². The van der Waals surface area contributed by atoms with Crippen LogP contribution in [-0.2, 0) is 23.2 Å². The smallest absolute Gasteiger partial charge is 0.225 e. The number of hydrogen-bond acceptors (Lipinski definition) is 4. The molecule has 3 aliphatic rings. The van der Waals surface area contributed by atoms with Gasteiger partial charge < -0.3 is 10.2 Å². The Morgan fingerprint density at radius 3 is 2.50 bits per heavy atom. The van der Waals surface area contributed by atoms with Gasteiger partial charge in [0.15, 0.2) is 0 Å². The zero-order valence-corrected chi connectivity index (χ0v) is 17.2. The molecule has 3 fully saturated rings. The normalized spacial score (nSPS) is 24.4. The maximum atomic E-state index is 12.7. The van der Waals surface area contributed by atoms with Gasteiger partial charge in [-0.1, -0.05) is 0 Å². The Balaban J connectivity index is 1.25. The fourth-order valence-electron chi connectivity index (χ4n) is 4.74. The summed E-state index contributed by atoms with van der Waals surface area (Å²) in [6.45, 7) is 6.22. The molecular weight excluding hydrogens is 354 g/mol. The molecule has 1 unspecified atom stereocenters. The maximum absolute atomic E-state index is 12.7. The average molecular weight is 388 g/mol. The lowest BCUT2D eigenvalue weighted by Gasteiger charge is -2.42. The van der Waals surface area contributed by atoms with Gasteiger partial charge in [-0.05, 0) is 52.0 Å². The lowest BCUT2D eigenvalue weighted by atomic mass is 9.93. The minimum Gasteiger partial charge on any atom is -0.352 e. The van der Waals surface area contributed by atoms with E-state index in [-0.39, 0.29) is 11.8 Å². The lowest BCUT2D eigenvalue weighted by molar-refractivity contribution is -0.134. The molecule has 0 aromatic carbocycles. The third-order valence-corrected chi connectivity index (χ3v) is 6.61. The molecule has 28 heavy (non-hydrogen) atoms. The van der Waals surface area contributed by atoms with Crippen molar-refractivity contribution in [2.24, 2.45) is 18.9 Å². The van der Waals surface area contributed by atoms with E-state index in [0.717, 1.165) is 76.0 Å². The highest BCUT2D eigenvalue weighted by molar-refractivity contribution is 5.81.